The first kappa shape index (κ1) is 17.1. The second kappa shape index (κ2) is 7.50. The number of anilines is 1. The summed E-state index contributed by atoms with van der Waals surface area (Å²) < 4.78 is 0. The van der Waals surface area contributed by atoms with Gasteiger partial charge in [0.15, 0.2) is 0 Å². The molecule has 1 unspecified atom stereocenters. The van der Waals surface area contributed by atoms with Crippen LogP contribution in [0.1, 0.15) is 40.2 Å². The van der Waals surface area contributed by atoms with E-state index in [1.807, 2.05) is 24.3 Å². The summed E-state index contributed by atoms with van der Waals surface area (Å²) in [6.45, 7) is 5.47. The van der Waals surface area contributed by atoms with Gasteiger partial charge >= 0.3 is 0 Å². The number of piperazine rings is 1. The number of carbonyl (C=O) groups excluding carboxylic acids is 1. The molecule has 2 aromatic rings. The summed E-state index contributed by atoms with van der Waals surface area (Å²) >= 11 is 0. The minimum atomic E-state index is -0.366. The van der Waals surface area contributed by atoms with Crippen LogP contribution >= 0.6 is 0 Å². The molecular weight excluding hydrogens is 322 g/mol. The third-order valence-electron chi connectivity index (χ3n) is 5.94. The van der Waals surface area contributed by atoms with Gasteiger partial charge in [0.2, 0.25) is 5.91 Å². The van der Waals surface area contributed by atoms with E-state index in [0.29, 0.717) is 5.56 Å². The predicted octanol–water partition coefficient (Wildman–Crippen LogP) is 3.03. The minimum Gasteiger partial charge on any atom is -0.369 e. The van der Waals surface area contributed by atoms with Gasteiger partial charge in [-0.3, -0.25) is 9.69 Å². The Labute approximate surface area is 155 Å². The average molecular weight is 349 g/mol. The highest BCUT2D eigenvalue weighted by Gasteiger charge is 2.23. The van der Waals surface area contributed by atoms with Gasteiger partial charge in [-0.2, -0.15) is 0 Å². The van der Waals surface area contributed by atoms with Crippen LogP contribution in [0.25, 0.3) is 0 Å². The first-order valence-electron chi connectivity index (χ1n) is 9.65. The monoisotopic (exact) mass is 349 g/mol. The fourth-order valence-electron chi connectivity index (χ4n) is 4.35. The molecule has 2 aromatic carbocycles. The predicted molar refractivity (Wildman–Crippen MR) is 106 cm³/mol. The summed E-state index contributed by atoms with van der Waals surface area (Å²) in [6, 6.07) is 16.6. The van der Waals surface area contributed by atoms with Crippen LogP contribution in [0.3, 0.4) is 0 Å². The third kappa shape index (κ3) is 3.61. The van der Waals surface area contributed by atoms with Gasteiger partial charge in [-0.25, -0.2) is 0 Å². The first-order chi connectivity index (χ1) is 12.7. The van der Waals surface area contributed by atoms with E-state index < -0.39 is 0 Å². The van der Waals surface area contributed by atoms with E-state index in [4.69, 9.17) is 5.73 Å². The summed E-state index contributed by atoms with van der Waals surface area (Å²) in [5, 5.41) is 0. The second-order valence-electron chi connectivity index (χ2n) is 7.46. The van der Waals surface area contributed by atoms with Gasteiger partial charge in [0.05, 0.1) is 0 Å². The number of hydrogen-bond acceptors (Lipinski definition) is 3. The first-order valence-corrected chi connectivity index (χ1v) is 9.65. The van der Waals surface area contributed by atoms with Crippen molar-refractivity contribution < 1.29 is 4.79 Å². The SMILES string of the molecule is NC(=O)c1ccc(N2CCN(CCC3CCc4ccccc43)CC2)cc1. The van der Waals surface area contributed by atoms with Crippen LogP contribution in [0.2, 0.25) is 0 Å². The fraction of sp³-hybridized carbons (Fsp3) is 0.409. The van der Waals surface area contributed by atoms with Gasteiger partial charge in [-0.15, -0.1) is 0 Å². The lowest BCUT2D eigenvalue weighted by Crippen LogP contribution is -2.46. The molecule has 1 fully saturated rings. The van der Waals surface area contributed by atoms with Crippen LogP contribution in [0.4, 0.5) is 5.69 Å². The molecule has 4 nitrogen and oxygen atoms in total. The molecule has 2 aliphatic rings. The topological polar surface area (TPSA) is 49.6 Å². The number of nitrogens with two attached hydrogens (primary N) is 1. The van der Waals surface area contributed by atoms with E-state index in [2.05, 4.69) is 34.1 Å². The van der Waals surface area contributed by atoms with Crippen LogP contribution in [0.5, 0.6) is 0 Å². The van der Waals surface area contributed by atoms with Crippen molar-refractivity contribution in [3.05, 3.63) is 65.2 Å². The molecule has 0 bridgehead atoms. The molecule has 26 heavy (non-hydrogen) atoms. The van der Waals surface area contributed by atoms with Crippen molar-refractivity contribution in [2.24, 2.45) is 5.73 Å². The molecule has 136 valence electrons. The number of benzene rings is 2. The van der Waals surface area contributed by atoms with E-state index in [9.17, 15) is 4.79 Å². The number of nitrogens with zero attached hydrogens (tertiary/aromatic N) is 2. The highest BCUT2D eigenvalue weighted by molar-refractivity contribution is 5.93. The van der Waals surface area contributed by atoms with Crippen molar-refractivity contribution in [2.45, 2.75) is 25.2 Å². The second-order valence-corrected chi connectivity index (χ2v) is 7.46. The molecule has 1 amide bonds. The van der Waals surface area contributed by atoms with Gasteiger partial charge in [-0.05, 0) is 67.1 Å². The molecule has 0 aromatic heterocycles. The Morgan fingerprint density at radius 2 is 1.73 bits per heavy atom. The lowest BCUT2D eigenvalue weighted by molar-refractivity contribution is 0.100. The standard InChI is InChI=1S/C22H27N3O/c23-22(26)19-7-9-20(10-8-19)25-15-13-24(14-16-25)12-11-18-6-5-17-3-1-2-4-21(17)18/h1-4,7-10,18H,5-6,11-16H2,(H2,23,26). The largest absolute Gasteiger partial charge is 0.369 e. The molecular formula is C22H27N3O. The lowest BCUT2D eigenvalue weighted by Gasteiger charge is -2.36. The van der Waals surface area contributed by atoms with Crippen molar-refractivity contribution in [3.8, 4) is 0 Å². The van der Waals surface area contributed by atoms with E-state index in [1.165, 1.54) is 31.5 Å². The number of hydrogen-bond donors (Lipinski definition) is 1. The molecule has 0 radical (unpaired) electrons. The third-order valence-corrected chi connectivity index (χ3v) is 5.94. The number of amides is 1. The maximum absolute atomic E-state index is 11.2. The van der Waals surface area contributed by atoms with Gasteiger partial charge in [-0.1, -0.05) is 24.3 Å². The average Bonchev–Trinajstić information content (AvgIpc) is 3.10. The quantitative estimate of drug-likeness (QED) is 0.903. The van der Waals surface area contributed by atoms with Gasteiger partial charge in [0.25, 0.3) is 0 Å². The molecule has 1 aliphatic carbocycles. The molecule has 0 spiro atoms. The van der Waals surface area contributed by atoms with E-state index in [1.54, 1.807) is 11.1 Å². The number of rotatable bonds is 5. The van der Waals surface area contributed by atoms with Crippen molar-refractivity contribution in [2.75, 3.05) is 37.6 Å². The normalized spacial score (nSPS) is 20.2. The molecule has 0 saturated carbocycles. The van der Waals surface area contributed by atoms with E-state index in [-0.39, 0.29) is 5.91 Å². The summed E-state index contributed by atoms with van der Waals surface area (Å²) in [7, 11) is 0. The zero-order valence-electron chi connectivity index (χ0n) is 15.2. The molecule has 1 heterocycles. The molecule has 2 N–H and O–H groups in total. The molecule has 1 aliphatic heterocycles. The molecule has 4 heteroatoms. The fourth-order valence-corrected chi connectivity index (χ4v) is 4.35. The Bertz CT molecular complexity index is 763. The summed E-state index contributed by atoms with van der Waals surface area (Å²) in [4.78, 5) is 16.2. The highest BCUT2D eigenvalue weighted by Crippen LogP contribution is 2.35. The Kier molecular flexibility index (Phi) is 4.93. The summed E-state index contributed by atoms with van der Waals surface area (Å²) in [6.07, 6.45) is 3.83. The summed E-state index contributed by atoms with van der Waals surface area (Å²) in [5.74, 6) is 0.375. The van der Waals surface area contributed by atoms with Crippen LogP contribution in [-0.2, 0) is 6.42 Å². The van der Waals surface area contributed by atoms with Crippen LogP contribution in [0, 0.1) is 0 Å². The van der Waals surface area contributed by atoms with Crippen molar-refractivity contribution >= 4 is 11.6 Å². The molecule has 1 saturated heterocycles. The van der Waals surface area contributed by atoms with Crippen molar-refractivity contribution in [3.63, 3.8) is 0 Å². The van der Waals surface area contributed by atoms with Gasteiger partial charge < -0.3 is 10.6 Å². The Morgan fingerprint density at radius 1 is 1.00 bits per heavy atom. The summed E-state index contributed by atoms with van der Waals surface area (Å²) in [5.41, 5.74) is 10.2. The van der Waals surface area contributed by atoms with E-state index in [0.717, 1.165) is 32.1 Å². The number of carbonyl (C=O) groups is 1. The zero-order valence-corrected chi connectivity index (χ0v) is 15.2. The Hall–Kier alpha value is -2.33. The maximum Gasteiger partial charge on any atom is 0.248 e. The van der Waals surface area contributed by atoms with E-state index >= 15 is 0 Å². The lowest BCUT2D eigenvalue weighted by atomic mass is 9.97. The number of primary amides is 1. The van der Waals surface area contributed by atoms with Crippen molar-refractivity contribution in [1.29, 1.82) is 0 Å². The number of aryl methyl sites for hydroxylation is 1. The van der Waals surface area contributed by atoms with Gasteiger partial charge in [0, 0.05) is 37.4 Å². The smallest absolute Gasteiger partial charge is 0.248 e. The zero-order chi connectivity index (χ0) is 17.9. The van der Waals surface area contributed by atoms with Gasteiger partial charge in [0.1, 0.15) is 0 Å². The maximum atomic E-state index is 11.2. The highest BCUT2D eigenvalue weighted by atomic mass is 16.1. The molecule has 4 rings (SSSR count). The number of fused-ring (bicyclic) bond motifs is 1. The Balaban J connectivity index is 1.27. The van der Waals surface area contributed by atoms with Crippen LogP contribution in [0.15, 0.2) is 48.5 Å². The Morgan fingerprint density at radius 3 is 2.46 bits per heavy atom. The van der Waals surface area contributed by atoms with Crippen LogP contribution in [-0.4, -0.2) is 43.5 Å². The van der Waals surface area contributed by atoms with Crippen molar-refractivity contribution in [1.82, 2.24) is 4.90 Å². The minimum absolute atomic E-state index is 0.366. The molecule has 1 atom stereocenters. The van der Waals surface area contributed by atoms with Crippen LogP contribution < -0.4 is 10.6 Å².